The van der Waals surface area contributed by atoms with Crippen molar-refractivity contribution in [2.24, 2.45) is 0 Å². The average Bonchev–Trinajstić information content (AvgIpc) is 3.36. The van der Waals surface area contributed by atoms with E-state index in [1.165, 1.54) is 23.2 Å². The summed E-state index contributed by atoms with van der Waals surface area (Å²) in [5, 5.41) is 17.9. The minimum Gasteiger partial charge on any atom is -0.493 e. The maximum atomic E-state index is 12.9. The van der Waals surface area contributed by atoms with E-state index in [2.05, 4.69) is 35.3 Å². The standard InChI is InChI=1S/C21H16ClF3N8O2/c1-20(13-5-4-10(22)7-26-13)14-16(32-19(20)35)30-15(31-18(14)34)12-8-33-17(27-9-28-33)11(29-12)3-2-6-21(23,24)25/h4-5,7-9H,2-3,6H2,1H3,(H2,30,31,32,34,35). The summed E-state index contributed by atoms with van der Waals surface area (Å²) in [4.78, 5) is 34.1. The van der Waals surface area contributed by atoms with Gasteiger partial charge in [0.1, 0.15) is 23.3 Å². The summed E-state index contributed by atoms with van der Waals surface area (Å²) >= 11 is 5.91. The zero-order valence-electron chi connectivity index (χ0n) is 18.0. The van der Waals surface area contributed by atoms with Gasteiger partial charge in [-0.2, -0.15) is 23.3 Å². The molecule has 0 bridgehead atoms. The Kier molecular flexibility index (Phi) is 5.31. The van der Waals surface area contributed by atoms with Gasteiger partial charge >= 0.3 is 6.18 Å². The molecule has 2 N–H and O–H groups in total. The van der Waals surface area contributed by atoms with Crippen LogP contribution in [0.4, 0.5) is 19.0 Å². The summed E-state index contributed by atoms with van der Waals surface area (Å²) in [6, 6.07) is 3.14. The number of pyridine rings is 1. The Bertz CT molecular complexity index is 1460. The van der Waals surface area contributed by atoms with Crippen LogP contribution in [0.2, 0.25) is 5.02 Å². The van der Waals surface area contributed by atoms with Gasteiger partial charge in [0.25, 0.3) is 0 Å². The Balaban J connectivity index is 1.56. The number of carbonyl (C=O) groups is 1. The number of fused-ring (bicyclic) bond motifs is 2. The van der Waals surface area contributed by atoms with E-state index >= 15 is 0 Å². The number of alkyl halides is 3. The number of hydrogen-bond donors (Lipinski definition) is 2. The molecule has 1 amide bonds. The molecule has 0 aliphatic carbocycles. The third kappa shape index (κ3) is 4.01. The summed E-state index contributed by atoms with van der Waals surface area (Å²) in [6.07, 6.45) is -1.39. The first-order chi connectivity index (χ1) is 16.6. The van der Waals surface area contributed by atoms with Gasteiger partial charge in [0.2, 0.25) is 11.8 Å². The van der Waals surface area contributed by atoms with Gasteiger partial charge < -0.3 is 10.4 Å². The van der Waals surface area contributed by atoms with Crippen molar-refractivity contribution < 1.29 is 23.1 Å². The summed E-state index contributed by atoms with van der Waals surface area (Å²) in [6.45, 7) is 1.58. The van der Waals surface area contributed by atoms with Crippen LogP contribution in [0.1, 0.15) is 36.7 Å². The summed E-state index contributed by atoms with van der Waals surface area (Å²) in [7, 11) is 0. The second kappa shape index (κ2) is 8.12. The van der Waals surface area contributed by atoms with Crippen molar-refractivity contribution in [2.75, 3.05) is 5.32 Å². The van der Waals surface area contributed by atoms with Crippen LogP contribution in [0.3, 0.4) is 0 Å². The topological polar surface area (TPSA) is 131 Å². The van der Waals surface area contributed by atoms with E-state index < -0.39 is 29.8 Å². The fourth-order valence-electron chi connectivity index (χ4n) is 4.00. The highest BCUT2D eigenvalue weighted by molar-refractivity contribution is 6.30. The third-order valence-corrected chi connectivity index (χ3v) is 5.97. The highest BCUT2D eigenvalue weighted by Crippen LogP contribution is 2.45. The maximum Gasteiger partial charge on any atom is 0.389 e. The van der Waals surface area contributed by atoms with E-state index in [4.69, 9.17) is 11.6 Å². The highest BCUT2D eigenvalue weighted by Gasteiger charge is 2.49. The van der Waals surface area contributed by atoms with Crippen LogP contribution < -0.4 is 5.32 Å². The molecule has 4 aromatic rings. The fourth-order valence-corrected chi connectivity index (χ4v) is 4.11. The molecule has 35 heavy (non-hydrogen) atoms. The molecule has 14 heteroatoms. The molecule has 1 aliphatic heterocycles. The van der Waals surface area contributed by atoms with Gasteiger partial charge in [-0.1, -0.05) is 11.6 Å². The van der Waals surface area contributed by atoms with E-state index in [9.17, 15) is 23.1 Å². The third-order valence-electron chi connectivity index (χ3n) is 5.75. The van der Waals surface area contributed by atoms with Crippen molar-refractivity contribution in [3.8, 4) is 17.4 Å². The highest BCUT2D eigenvalue weighted by atomic mass is 35.5. The van der Waals surface area contributed by atoms with Crippen molar-refractivity contribution in [1.29, 1.82) is 0 Å². The minimum absolute atomic E-state index is 0.0104. The Hall–Kier alpha value is -3.87. The number of aromatic nitrogens is 7. The first-order valence-corrected chi connectivity index (χ1v) is 10.8. The quantitative estimate of drug-likeness (QED) is 0.422. The molecule has 0 fully saturated rings. The molecule has 5 heterocycles. The van der Waals surface area contributed by atoms with Gasteiger partial charge in [-0.05, 0) is 31.9 Å². The lowest BCUT2D eigenvalue weighted by Gasteiger charge is -2.21. The van der Waals surface area contributed by atoms with E-state index in [0.29, 0.717) is 16.4 Å². The normalized spacial score (nSPS) is 17.6. The Labute approximate surface area is 200 Å². The molecule has 0 saturated carbocycles. The average molecular weight is 505 g/mol. The molecule has 180 valence electrons. The Morgan fingerprint density at radius 2 is 2.00 bits per heavy atom. The van der Waals surface area contributed by atoms with Gasteiger partial charge in [0.15, 0.2) is 11.5 Å². The Morgan fingerprint density at radius 1 is 1.20 bits per heavy atom. The molecule has 1 unspecified atom stereocenters. The number of rotatable bonds is 5. The van der Waals surface area contributed by atoms with Crippen molar-refractivity contribution in [3.63, 3.8) is 0 Å². The molecular weight excluding hydrogens is 489 g/mol. The predicted molar refractivity (Wildman–Crippen MR) is 117 cm³/mol. The minimum atomic E-state index is -4.29. The number of carbonyl (C=O) groups excluding carboxylic acids is 1. The van der Waals surface area contributed by atoms with Crippen molar-refractivity contribution in [1.82, 2.24) is 34.5 Å². The van der Waals surface area contributed by atoms with Crippen LogP contribution in [-0.2, 0) is 16.6 Å². The van der Waals surface area contributed by atoms with Crippen LogP contribution >= 0.6 is 11.6 Å². The smallest absolute Gasteiger partial charge is 0.389 e. The van der Waals surface area contributed by atoms with Gasteiger partial charge in [-0.3, -0.25) is 9.78 Å². The van der Waals surface area contributed by atoms with Crippen LogP contribution in [0.15, 0.2) is 30.9 Å². The van der Waals surface area contributed by atoms with E-state index in [0.717, 1.165) is 0 Å². The van der Waals surface area contributed by atoms with Gasteiger partial charge in [-0.15, -0.1) is 0 Å². The van der Waals surface area contributed by atoms with Crippen molar-refractivity contribution in [2.45, 2.75) is 37.8 Å². The first kappa shape index (κ1) is 22.9. The fraction of sp³-hybridized carbons (Fsp3) is 0.286. The SMILES string of the molecule is CC1(c2ccc(Cl)cn2)C(=O)Nc2nc(-c3cn4ncnc4c(CCCC(F)(F)F)n3)nc(O)c21. The number of aryl methyl sites for hydroxylation is 1. The maximum absolute atomic E-state index is 12.9. The molecular formula is C21H16ClF3N8O2. The summed E-state index contributed by atoms with van der Waals surface area (Å²) in [5.41, 5.74) is -0.208. The molecule has 0 aromatic carbocycles. The van der Waals surface area contributed by atoms with E-state index in [-0.39, 0.29) is 41.4 Å². The molecule has 10 nitrogen and oxygen atoms in total. The van der Waals surface area contributed by atoms with E-state index in [1.54, 1.807) is 19.1 Å². The number of nitrogens with zero attached hydrogens (tertiary/aromatic N) is 7. The second-order valence-electron chi connectivity index (χ2n) is 8.10. The number of nitrogens with one attached hydrogen (secondary N) is 1. The molecule has 0 saturated heterocycles. The van der Waals surface area contributed by atoms with Crippen LogP contribution in [0, 0.1) is 0 Å². The van der Waals surface area contributed by atoms with Crippen LogP contribution in [0.25, 0.3) is 17.2 Å². The van der Waals surface area contributed by atoms with Crippen molar-refractivity contribution >= 4 is 29.0 Å². The number of anilines is 1. The lowest BCUT2D eigenvalue weighted by Crippen LogP contribution is -2.33. The van der Waals surface area contributed by atoms with Crippen molar-refractivity contribution in [3.05, 3.63) is 52.8 Å². The lowest BCUT2D eigenvalue weighted by molar-refractivity contribution is -0.135. The zero-order chi connectivity index (χ0) is 25.0. The van der Waals surface area contributed by atoms with E-state index in [1.807, 2.05) is 0 Å². The molecule has 1 aliphatic rings. The largest absolute Gasteiger partial charge is 0.493 e. The summed E-state index contributed by atoms with van der Waals surface area (Å²) < 4.78 is 39.2. The summed E-state index contributed by atoms with van der Waals surface area (Å²) in [5.74, 6) is -0.932. The second-order valence-corrected chi connectivity index (χ2v) is 8.54. The van der Waals surface area contributed by atoms with Gasteiger partial charge in [-0.25, -0.2) is 19.5 Å². The number of aromatic hydroxyl groups is 1. The zero-order valence-corrected chi connectivity index (χ0v) is 18.8. The molecule has 1 atom stereocenters. The molecule has 0 radical (unpaired) electrons. The monoisotopic (exact) mass is 504 g/mol. The number of halogens is 4. The van der Waals surface area contributed by atoms with Gasteiger partial charge in [0.05, 0.1) is 28.2 Å². The van der Waals surface area contributed by atoms with Crippen LogP contribution in [-0.4, -0.2) is 51.7 Å². The lowest BCUT2D eigenvalue weighted by atomic mass is 9.81. The number of hydrogen-bond acceptors (Lipinski definition) is 8. The predicted octanol–water partition coefficient (Wildman–Crippen LogP) is 3.48. The van der Waals surface area contributed by atoms with Crippen LogP contribution in [0.5, 0.6) is 5.88 Å². The molecule has 0 spiro atoms. The first-order valence-electron chi connectivity index (χ1n) is 10.4. The Morgan fingerprint density at radius 3 is 2.71 bits per heavy atom. The molecule has 4 aromatic heterocycles. The number of amides is 1. The van der Waals surface area contributed by atoms with Gasteiger partial charge in [0, 0.05) is 12.6 Å². The molecule has 5 rings (SSSR count).